The lowest BCUT2D eigenvalue weighted by Crippen LogP contribution is -2.41. The molecule has 4 rings (SSSR count). The maximum absolute atomic E-state index is 13.0. The van der Waals surface area contributed by atoms with Crippen LogP contribution >= 0.6 is 0 Å². The van der Waals surface area contributed by atoms with Gasteiger partial charge in [-0.3, -0.25) is 14.3 Å². The molecule has 1 aliphatic heterocycles. The molecule has 6 heteroatoms. The van der Waals surface area contributed by atoms with E-state index in [-0.39, 0.29) is 17.7 Å². The first-order valence-electron chi connectivity index (χ1n) is 10.7. The number of carbonyl (C=O) groups is 2. The van der Waals surface area contributed by atoms with Crippen molar-refractivity contribution in [2.24, 2.45) is 13.0 Å². The summed E-state index contributed by atoms with van der Waals surface area (Å²) < 4.78 is 1.80. The molecule has 1 saturated carbocycles. The highest BCUT2D eigenvalue weighted by atomic mass is 16.2. The van der Waals surface area contributed by atoms with E-state index < -0.39 is 0 Å². The molecule has 2 aliphatic rings. The minimum absolute atomic E-state index is 0.153. The third-order valence-electron chi connectivity index (χ3n) is 6.26. The van der Waals surface area contributed by atoms with Gasteiger partial charge < -0.3 is 10.2 Å². The number of nitrogens with one attached hydrogen (secondary N) is 1. The van der Waals surface area contributed by atoms with Crippen LogP contribution in [0, 0.1) is 12.8 Å². The number of amides is 2. The molecule has 0 spiro atoms. The Morgan fingerprint density at radius 2 is 2.00 bits per heavy atom. The van der Waals surface area contributed by atoms with Gasteiger partial charge in [0.15, 0.2) is 5.69 Å². The number of carbonyl (C=O) groups excluding carboxylic acids is 2. The van der Waals surface area contributed by atoms with Crippen LogP contribution in [-0.4, -0.2) is 33.0 Å². The van der Waals surface area contributed by atoms with Gasteiger partial charge in [0, 0.05) is 50.3 Å². The summed E-state index contributed by atoms with van der Waals surface area (Å²) in [5.74, 6) is 0.237. The summed E-state index contributed by atoms with van der Waals surface area (Å²) in [5, 5.41) is 7.49. The molecule has 2 aromatic rings. The molecule has 1 fully saturated rings. The normalized spacial score (nSPS) is 17.1. The van der Waals surface area contributed by atoms with Crippen molar-refractivity contribution in [3.05, 3.63) is 52.3 Å². The summed E-state index contributed by atoms with van der Waals surface area (Å²) in [6, 6.07) is 8.11. The summed E-state index contributed by atoms with van der Waals surface area (Å²) in [6.07, 6.45) is 6.28. The predicted octanol–water partition coefficient (Wildman–Crippen LogP) is 3.12. The van der Waals surface area contributed by atoms with Crippen LogP contribution in [0.1, 0.15) is 65.0 Å². The van der Waals surface area contributed by atoms with Gasteiger partial charge in [0.2, 0.25) is 5.91 Å². The molecule has 1 aromatic heterocycles. The number of aromatic nitrogens is 2. The molecule has 6 nitrogen and oxygen atoms in total. The van der Waals surface area contributed by atoms with Crippen molar-refractivity contribution in [1.82, 2.24) is 20.0 Å². The Balaban J connectivity index is 1.47. The number of fused-ring (bicyclic) bond motifs is 1. The van der Waals surface area contributed by atoms with E-state index in [1.807, 2.05) is 37.1 Å². The van der Waals surface area contributed by atoms with E-state index in [4.69, 9.17) is 0 Å². The fraction of sp³-hybridized carbons (Fsp3) is 0.522. The molecule has 1 aliphatic carbocycles. The van der Waals surface area contributed by atoms with Gasteiger partial charge in [-0.2, -0.15) is 5.10 Å². The highest BCUT2D eigenvalue weighted by Crippen LogP contribution is 2.29. The van der Waals surface area contributed by atoms with Crippen LogP contribution in [0.5, 0.6) is 0 Å². The molecule has 29 heavy (non-hydrogen) atoms. The fourth-order valence-corrected chi connectivity index (χ4v) is 4.66. The number of hydrogen-bond acceptors (Lipinski definition) is 3. The number of hydrogen-bond donors (Lipinski definition) is 1. The zero-order chi connectivity index (χ0) is 20.4. The zero-order valence-electron chi connectivity index (χ0n) is 17.4. The first-order chi connectivity index (χ1) is 14.0. The van der Waals surface area contributed by atoms with Crippen molar-refractivity contribution < 1.29 is 9.59 Å². The Morgan fingerprint density at radius 1 is 1.21 bits per heavy atom. The lowest BCUT2D eigenvalue weighted by atomic mass is 9.87. The maximum Gasteiger partial charge on any atom is 0.272 e. The van der Waals surface area contributed by atoms with Crippen molar-refractivity contribution in [2.75, 3.05) is 6.54 Å². The quantitative estimate of drug-likeness (QED) is 0.866. The van der Waals surface area contributed by atoms with Gasteiger partial charge in [-0.1, -0.05) is 49.1 Å². The molecule has 0 radical (unpaired) electrons. The van der Waals surface area contributed by atoms with Gasteiger partial charge in [-0.25, -0.2) is 0 Å². The average Bonchev–Trinajstić information content (AvgIpc) is 3.08. The Bertz CT molecular complexity index is 912. The Morgan fingerprint density at radius 3 is 2.76 bits per heavy atom. The van der Waals surface area contributed by atoms with E-state index in [1.165, 1.54) is 12.0 Å². The zero-order valence-corrected chi connectivity index (χ0v) is 17.4. The van der Waals surface area contributed by atoms with Crippen molar-refractivity contribution in [3.8, 4) is 0 Å². The molecule has 1 N–H and O–H groups in total. The van der Waals surface area contributed by atoms with Crippen LogP contribution in [-0.2, 0) is 31.4 Å². The van der Waals surface area contributed by atoms with Gasteiger partial charge in [0.25, 0.3) is 5.91 Å². The van der Waals surface area contributed by atoms with Gasteiger partial charge in [-0.05, 0) is 25.3 Å². The minimum atomic E-state index is -0.171. The Labute approximate surface area is 172 Å². The van der Waals surface area contributed by atoms with Gasteiger partial charge in [0.05, 0.1) is 0 Å². The molecule has 154 valence electrons. The molecule has 0 unspecified atom stereocenters. The number of benzene rings is 1. The molecular weight excluding hydrogens is 364 g/mol. The number of nitrogens with zero attached hydrogens (tertiary/aromatic N) is 3. The molecular formula is C23H30N4O2. The summed E-state index contributed by atoms with van der Waals surface area (Å²) in [7, 11) is 1.88. The van der Waals surface area contributed by atoms with E-state index in [1.54, 1.807) is 4.68 Å². The highest BCUT2D eigenvalue weighted by Gasteiger charge is 2.32. The standard InChI is InChI=1S/C23H30N4O2/c1-16-7-6-8-17(13-16)14-24-22(28)21-19-15-27(12-11-20(19)26(2)25-21)23(29)18-9-4-3-5-10-18/h6-8,13,18H,3-5,9-12,14-15H2,1-2H3,(H,24,28). The molecule has 1 aromatic carbocycles. The van der Waals surface area contributed by atoms with Crippen molar-refractivity contribution in [2.45, 2.75) is 58.5 Å². The van der Waals surface area contributed by atoms with Crippen LogP contribution in [0.3, 0.4) is 0 Å². The predicted molar refractivity (Wildman–Crippen MR) is 111 cm³/mol. The third kappa shape index (κ3) is 4.21. The second-order valence-electron chi connectivity index (χ2n) is 8.41. The van der Waals surface area contributed by atoms with E-state index in [0.29, 0.717) is 25.3 Å². The van der Waals surface area contributed by atoms with Crippen LogP contribution in [0.4, 0.5) is 0 Å². The van der Waals surface area contributed by atoms with Crippen molar-refractivity contribution in [1.29, 1.82) is 0 Å². The van der Waals surface area contributed by atoms with Crippen LogP contribution in [0.25, 0.3) is 0 Å². The molecule has 0 saturated heterocycles. The Kier molecular flexibility index (Phi) is 5.69. The second-order valence-corrected chi connectivity index (χ2v) is 8.41. The van der Waals surface area contributed by atoms with Crippen molar-refractivity contribution in [3.63, 3.8) is 0 Å². The van der Waals surface area contributed by atoms with E-state index in [0.717, 1.165) is 48.9 Å². The largest absolute Gasteiger partial charge is 0.347 e. The SMILES string of the molecule is Cc1cccc(CNC(=O)c2nn(C)c3c2CN(C(=O)C2CCCCC2)CC3)c1. The maximum atomic E-state index is 13.0. The Hall–Kier alpha value is -2.63. The topological polar surface area (TPSA) is 67.2 Å². The van der Waals surface area contributed by atoms with Crippen LogP contribution in [0.2, 0.25) is 0 Å². The van der Waals surface area contributed by atoms with Crippen molar-refractivity contribution >= 4 is 11.8 Å². The van der Waals surface area contributed by atoms with Gasteiger partial charge in [-0.15, -0.1) is 0 Å². The van der Waals surface area contributed by atoms with E-state index in [2.05, 4.69) is 16.5 Å². The first kappa shape index (κ1) is 19.7. The van der Waals surface area contributed by atoms with Crippen LogP contribution in [0.15, 0.2) is 24.3 Å². The number of rotatable bonds is 4. The van der Waals surface area contributed by atoms with Crippen LogP contribution < -0.4 is 5.32 Å². The number of aryl methyl sites for hydroxylation is 2. The smallest absolute Gasteiger partial charge is 0.272 e. The summed E-state index contributed by atoms with van der Waals surface area (Å²) >= 11 is 0. The van der Waals surface area contributed by atoms with Gasteiger partial charge >= 0.3 is 0 Å². The monoisotopic (exact) mass is 394 g/mol. The lowest BCUT2D eigenvalue weighted by Gasteiger charge is -2.32. The summed E-state index contributed by atoms with van der Waals surface area (Å²) in [6.45, 7) is 3.72. The summed E-state index contributed by atoms with van der Waals surface area (Å²) in [5.41, 5.74) is 4.67. The molecule has 2 amide bonds. The average molecular weight is 395 g/mol. The second kappa shape index (κ2) is 8.39. The minimum Gasteiger partial charge on any atom is -0.347 e. The lowest BCUT2D eigenvalue weighted by molar-refractivity contribution is -0.137. The third-order valence-corrected chi connectivity index (χ3v) is 6.26. The molecule has 0 atom stereocenters. The first-order valence-corrected chi connectivity index (χ1v) is 10.7. The molecule has 2 heterocycles. The van der Waals surface area contributed by atoms with Gasteiger partial charge in [0.1, 0.15) is 0 Å². The highest BCUT2D eigenvalue weighted by molar-refractivity contribution is 5.94. The molecule has 0 bridgehead atoms. The van der Waals surface area contributed by atoms with E-state index >= 15 is 0 Å². The summed E-state index contributed by atoms with van der Waals surface area (Å²) in [4.78, 5) is 27.8. The van der Waals surface area contributed by atoms with E-state index in [9.17, 15) is 9.59 Å². The fourth-order valence-electron chi connectivity index (χ4n) is 4.66.